The minimum Gasteiger partial charge on any atom is -0.366 e. The van der Waals surface area contributed by atoms with Gasteiger partial charge in [0.25, 0.3) is 5.91 Å². The molecule has 2 N–H and O–H groups in total. The van der Waals surface area contributed by atoms with Crippen LogP contribution in [0.15, 0.2) is 0 Å². The van der Waals surface area contributed by atoms with Crippen LogP contribution < -0.4 is 10.0 Å². The molecular weight excluding hydrogens is 346 g/mol. The lowest BCUT2D eigenvalue weighted by Gasteiger charge is -2.25. The van der Waals surface area contributed by atoms with Crippen LogP contribution in [-0.4, -0.2) is 61.5 Å². The molecule has 0 aromatic rings. The maximum atomic E-state index is 12.1. The molecule has 2 unspecified atom stereocenters. The third-order valence-corrected chi connectivity index (χ3v) is 4.72. The average Bonchev–Trinajstić information content (AvgIpc) is 2.62. The highest BCUT2D eigenvalue weighted by atomic mass is 32.2. The first kappa shape index (κ1) is 30.4. The zero-order valence-electron chi connectivity index (χ0n) is 19.4. The van der Waals surface area contributed by atoms with E-state index in [0.29, 0.717) is 24.4 Å². The van der Waals surface area contributed by atoms with Crippen molar-refractivity contribution in [2.45, 2.75) is 92.0 Å². The fourth-order valence-corrected chi connectivity index (χ4v) is 2.29. The molecule has 0 aliphatic heterocycles. The SMILES string of the molecule is CC.CC.CCC(C)SNC(C)CCOC(C)(C)C(=O)NCCN(C)C. The monoisotopic (exact) mass is 393 g/mol. The van der Waals surface area contributed by atoms with Gasteiger partial charge in [-0.25, -0.2) is 0 Å². The molecule has 0 bridgehead atoms. The summed E-state index contributed by atoms with van der Waals surface area (Å²) in [6, 6.07) is 0.367. The van der Waals surface area contributed by atoms with Crippen molar-refractivity contribution < 1.29 is 9.53 Å². The number of carbonyl (C=O) groups excluding carboxylic acids is 1. The normalized spacial score (nSPS) is 13.1. The summed E-state index contributed by atoms with van der Waals surface area (Å²) < 4.78 is 9.20. The molecule has 0 radical (unpaired) electrons. The third kappa shape index (κ3) is 18.5. The van der Waals surface area contributed by atoms with Crippen LogP contribution in [0.1, 0.15) is 75.2 Å². The maximum Gasteiger partial charge on any atom is 0.251 e. The first-order chi connectivity index (χ1) is 12.2. The molecule has 0 saturated carbocycles. The van der Waals surface area contributed by atoms with Gasteiger partial charge in [-0.15, -0.1) is 0 Å². The van der Waals surface area contributed by atoms with Gasteiger partial charge in [-0.2, -0.15) is 0 Å². The van der Waals surface area contributed by atoms with E-state index >= 15 is 0 Å². The predicted molar refractivity (Wildman–Crippen MR) is 119 cm³/mol. The molecule has 2 atom stereocenters. The van der Waals surface area contributed by atoms with Gasteiger partial charge in [0.15, 0.2) is 0 Å². The van der Waals surface area contributed by atoms with E-state index < -0.39 is 5.60 Å². The molecule has 0 aliphatic carbocycles. The van der Waals surface area contributed by atoms with Crippen molar-refractivity contribution >= 4 is 17.9 Å². The average molecular weight is 394 g/mol. The molecule has 0 aromatic carbocycles. The fourth-order valence-electron chi connectivity index (χ4n) is 1.54. The predicted octanol–water partition coefficient (Wildman–Crippen LogP) is 4.33. The van der Waals surface area contributed by atoms with E-state index in [1.54, 1.807) is 11.9 Å². The van der Waals surface area contributed by atoms with Gasteiger partial charge in [-0.05, 0) is 47.7 Å². The molecule has 160 valence electrons. The van der Waals surface area contributed by atoms with Gasteiger partial charge in [-0.1, -0.05) is 53.5 Å². The van der Waals surface area contributed by atoms with Crippen molar-refractivity contribution in [1.29, 1.82) is 0 Å². The third-order valence-electron chi connectivity index (χ3n) is 3.45. The minimum absolute atomic E-state index is 0.0519. The standard InChI is InChI=1S/C16H35N3O2S.2C2H6/c1-8-14(3)22-18-13(2)9-12-21-16(4,5)15(20)17-10-11-19(6)7;2*1-2/h13-14,18H,8-12H2,1-7H3,(H,17,20);2*1-2H3. The Hall–Kier alpha value is -0.300. The van der Waals surface area contributed by atoms with E-state index in [0.717, 1.165) is 19.4 Å². The van der Waals surface area contributed by atoms with E-state index in [1.807, 2.05) is 60.5 Å². The lowest BCUT2D eigenvalue weighted by Crippen LogP contribution is -2.46. The molecule has 0 heterocycles. The molecule has 0 aliphatic rings. The summed E-state index contributed by atoms with van der Waals surface area (Å²) in [5.41, 5.74) is -0.782. The Morgan fingerprint density at radius 1 is 1.15 bits per heavy atom. The number of hydrogen-bond donors (Lipinski definition) is 2. The number of nitrogens with one attached hydrogen (secondary N) is 2. The summed E-state index contributed by atoms with van der Waals surface area (Å²) in [6.07, 6.45) is 2.04. The largest absolute Gasteiger partial charge is 0.366 e. The smallest absolute Gasteiger partial charge is 0.251 e. The summed E-state index contributed by atoms with van der Waals surface area (Å²) in [5, 5.41) is 3.53. The Morgan fingerprint density at radius 3 is 2.15 bits per heavy atom. The molecule has 0 aromatic heterocycles. The first-order valence-corrected chi connectivity index (χ1v) is 11.0. The highest BCUT2D eigenvalue weighted by Gasteiger charge is 2.28. The second kappa shape index (κ2) is 19.5. The van der Waals surface area contributed by atoms with E-state index in [9.17, 15) is 4.79 Å². The van der Waals surface area contributed by atoms with E-state index in [1.165, 1.54) is 0 Å². The zero-order chi connectivity index (χ0) is 21.2. The van der Waals surface area contributed by atoms with Crippen LogP contribution in [0.4, 0.5) is 0 Å². The molecule has 0 rings (SSSR count). The molecule has 5 nitrogen and oxygen atoms in total. The van der Waals surface area contributed by atoms with Crippen molar-refractivity contribution in [3.05, 3.63) is 0 Å². The van der Waals surface area contributed by atoms with Gasteiger partial charge < -0.3 is 15.0 Å². The minimum atomic E-state index is -0.782. The molecule has 0 spiro atoms. The van der Waals surface area contributed by atoms with Crippen LogP contribution in [0, 0.1) is 0 Å². The summed E-state index contributed by atoms with van der Waals surface area (Å²) in [7, 11) is 3.97. The number of hydrogen-bond acceptors (Lipinski definition) is 5. The number of amides is 1. The van der Waals surface area contributed by atoms with Crippen LogP contribution in [0.25, 0.3) is 0 Å². The number of carbonyl (C=O) groups is 1. The van der Waals surface area contributed by atoms with E-state index in [2.05, 4.69) is 30.8 Å². The van der Waals surface area contributed by atoms with Crippen LogP contribution in [0.3, 0.4) is 0 Å². The summed E-state index contributed by atoms with van der Waals surface area (Å²) in [6.45, 7) is 20.2. The van der Waals surface area contributed by atoms with Crippen LogP contribution in [0.2, 0.25) is 0 Å². The molecule has 1 amide bonds. The van der Waals surface area contributed by atoms with Crippen LogP contribution >= 0.6 is 11.9 Å². The highest BCUT2D eigenvalue weighted by Crippen LogP contribution is 2.13. The lowest BCUT2D eigenvalue weighted by atomic mass is 10.1. The van der Waals surface area contributed by atoms with Gasteiger partial charge in [0, 0.05) is 31.0 Å². The van der Waals surface area contributed by atoms with E-state index in [4.69, 9.17) is 4.74 Å². The molecule has 0 saturated heterocycles. The Balaban J connectivity index is -0.00000123. The topological polar surface area (TPSA) is 53.6 Å². The van der Waals surface area contributed by atoms with Crippen molar-refractivity contribution in [3.8, 4) is 0 Å². The van der Waals surface area contributed by atoms with Crippen molar-refractivity contribution in [3.63, 3.8) is 0 Å². The Bertz CT molecular complexity index is 313. The summed E-state index contributed by atoms with van der Waals surface area (Å²) in [4.78, 5) is 14.1. The van der Waals surface area contributed by atoms with Crippen LogP contribution in [-0.2, 0) is 9.53 Å². The number of nitrogens with zero attached hydrogens (tertiary/aromatic N) is 1. The number of rotatable bonds is 12. The van der Waals surface area contributed by atoms with Crippen molar-refractivity contribution in [2.75, 3.05) is 33.8 Å². The van der Waals surface area contributed by atoms with Crippen molar-refractivity contribution in [1.82, 2.24) is 14.9 Å². The maximum absolute atomic E-state index is 12.1. The van der Waals surface area contributed by atoms with Gasteiger partial charge in [0.2, 0.25) is 0 Å². The fraction of sp³-hybridized carbons (Fsp3) is 0.950. The zero-order valence-corrected chi connectivity index (χ0v) is 20.2. The van der Waals surface area contributed by atoms with Crippen molar-refractivity contribution in [2.24, 2.45) is 0 Å². The highest BCUT2D eigenvalue weighted by molar-refractivity contribution is 7.98. The second-order valence-electron chi connectivity index (χ2n) is 6.56. The molecule has 26 heavy (non-hydrogen) atoms. The Morgan fingerprint density at radius 2 is 1.69 bits per heavy atom. The van der Waals surface area contributed by atoms with Crippen LogP contribution in [0.5, 0.6) is 0 Å². The molecule has 6 heteroatoms. The van der Waals surface area contributed by atoms with E-state index in [-0.39, 0.29) is 5.91 Å². The number of ether oxygens (including phenoxy) is 1. The van der Waals surface area contributed by atoms with Gasteiger partial charge in [-0.3, -0.25) is 9.52 Å². The quantitative estimate of drug-likeness (QED) is 0.483. The Kier molecular flexibility index (Phi) is 22.8. The van der Waals surface area contributed by atoms with Gasteiger partial charge in [0.05, 0.1) is 0 Å². The number of likely N-dealkylation sites (N-methyl/N-ethyl adjacent to an activating group) is 1. The van der Waals surface area contributed by atoms with Gasteiger partial charge in [0.1, 0.15) is 5.60 Å². The Labute approximate surface area is 168 Å². The molecule has 0 fully saturated rings. The second-order valence-corrected chi connectivity index (χ2v) is 7.84. The first-order valence-electron chi connectivity index (χ1n) is 10.2. The lowest BCUT2D eigenvalue weighted by molar-refractivity contribution is -0.143. The summed E-state index contributed by atoms with van der Waals surface area (Å²) in [5.74, 6) is -0.0519. The summed E-state index contributed by atoms with van der Waals surface area (Å²) >= 11 is 1.77. The van der Waals surface area contributed by atoms with Gasteiger partial charge >= 0.3 is 0 Å². The molecular formula is C20H47N3O2S.